The van der Waals surface area contributed by atoms with Gasteiger partial charge >= 0.3 is 12.1 Å². The minimum Gasteiger partial charge on any atom is -0.461 e. The second-order valence-electron chi connectivity index (χ2n) is 6.12. The Morgan fingerprint density at radius 3 is 2.64 bits per heavy atom. The summed E-state index contributed by atoms with van der Waals surface area (Å²) in [5.74, 6) is -0.139. The third-order valence-corrected chi connectivity index (χ3v) is 2.92. The summed E-state index contributed by atoms with van der Waals surface area (Å²) in [6.07, 6.45) is 4.25. The molecule has 0 spiro atoms. The van der Waals surface area contributed by atoms with E-state index in [1.54, 1.807) is 57.0 Å². The SMILES string of the molecule is CCOC(=O)c1nnc(-n2ccnc2)cc1CNC(=O)OC(C)(C)C. The third-order valence-electron chi connectivity index (χ3n) is 2.92. The molecule has 0 aromatic carbocycles. The number of nitrogens with one attached hydrogen (secondary N) is 1. The Kier molecular flexibility index (Phi) is 5.68. The average Bonchev–Trinajstić information content (AvgIpc) is 3.05. The quantitative estimate of drug-likeness (QED) is 0.822. The Balaban J connectivity index is 2.23. The molecule has 25 heavy (non-hydrogen) atoms. The van der Waals surface area contributed by atoms with Crippen LogP contribution in [0.25, 0.3) is 5.82 Å². The minimum absolute atomic E-state index is 0.0419. The van der Waals surface area contributed by atoms with Crippen molar-refractivity contribution in [3.8, 4) is 5.82 Å². The fourth-order valence-corrected chi connectivity index (χ4v) is 1.93. The molecule has 0 aliphatic carbocycles. The summed E-state index contributed by atoms with van der Waals surface area (Å²) in [5, 5.41) is 10.5. The number of carbonyl (C=O) groups is 2. The zero-order valence-corrected chi connectivity index (χ0v) is 14.6. The van der Waals surface area contributed by atoms with Crippen molar-refractivity contribution >= 4 is 12.1 Å². The van der Waals surface area contributed by atoms with Crippen molar-refractivity contribution in [1.29, 1.82) is 0 Å². The van der Waals surface area contributed by atoms with Crippen molar-refractivity contribution < 1.29 is 19.1 Å². The number of rotatable bonds is 5. The Hall–Kier alpha value is -2.97. The topological polar surface area (TPSA) is 108 Å². The first-order valence-electron chi connectivity index (χ1n) is 7.79. The number of alkyl carbamates (subject to hydrolysis) is 1. The van der Waals surface area contributed by atoms with E-state index in [1.807, 2.05) is 0 Å². The highest BCUT2D eigenvalue weighted by Crippen LogP contribution is 2.13. The number of hydrogen-bond donors (Lipinski definition) is 1. The molecule has 2 aromatic heterocycles. The molecule has 0 saturated heterocycles. The number of esters is 1. The Labute approximate surface area is 145 Å². The lowest BCUT2D eigenvalue weighted by atomic mass is 10.2. The first-order chi connectivity index (χ1) is 11.8. The summed E-state index contributed by atoms with van der Waals surface area (Å²) in [7, 11) is 0. The normalized spacial score (nSPS) is 11.0. The highest BCUT2D eigenvalue weighted by molar-refractivity contribution is 5.89. The third kappa shape index (κ3) is 5.27. The van der Waals surface area contributed by atoms with Gasteiger partial charge in [0, 0.05) is 24.5 Å². The molecule has 9 nitrogen and oxygen atoms in total. The van der Waals surface area contributed by atoms with Gasteiger partial charge in [-0.05, 0) is 33.8 Å². The van der Waals surface area contributed by atoms with Gasteiger partial charge in [0.1, 0.15) is 11.9 Å². The molecule has 1 N–H and O–H groups in total. The van der Waals surface area contributed by atoms with Gasteiger partial charge in [0.25, 0.3) is 0 Å². The molecule has 0 atom stereocenters. The van der Waals surface area contributed by atoms with Gasteiger partial charge in [0.15, 0.2) is 11.5 Å². The fraction of sp³-hybridized carbons (Fsp3) is 0.438. The first kappa shape index (κ1) is 18.4. The molecule has 0 unspecified atom stereocenters. The van der Waals surface area contributed by atoms with Crippen molar-refractivity contribution in [3.63, 3.8) is 0 Å². The van der Waals surface area contributed by atoms with Crippen LogP contribution in [0, 0.1) is 0 Å². The Morgan fingerprint density at radius 2 is 2.04 bits per heavy atom. The zero-order valence-electron chi connectivity index (χ0n) is 14.6. The first-order valence-corrected chi connectivity index (χ1v) is 7.79. The van der Waals surface area contributed by atoms with E-state index in [4.69, 9.17) is 9.47 Å². The second kappa shape index (κ2) is 7.73. The van der Waals surface area contributed by atoms with Crippen LogP contribution in [0.1, 0.15) is 43.7 Å². The smallest absolute Gasteiger partial charge is 0.407 e. The number of imidazole rings is 1. The lowest BCUT2D eigenvalue weighted by Crippen LogP contribution is -2.32. The summed E-state index contributed by atoms with van der Waals surface area (Å²) in [6.45, 7) is 7.25. The van der Waals surface area contributed by atoms with Crippen LogP contribution < -0.4 is 5.32 Å². The number of hydrogen-bond acceptors (Lipinski definition) is 7. The molecule has 0 bridgehead atoms. The van der Waals surface area contributed by atoms with Gasteiger partial charge in [-0.2, -0.15) is 0 Å². The number of aromatic nitrogens is 4. The second-order valence-corrected chi connectivity index (χ2v) is 6.12. The van der Waals surface area contributed by atoms with E-state index in [0.717, 1.165) is 0 Å². The van der Waals surface area contributed by atoms with Crippen LogP contribution in [0.5, 0.6) is 0 Å². The summed E-state index contributed by atoms with van der Waals surface area (Å²) in [6, 6.07) is 1.64. The summed E-state index contributed by atoms with van der Waals surface area (Å²) < 4.78 is 11.8. The molecule has 0 aliphatic rings. The molecule has 2 heterocycles. The highest BCUT2D eigenvalue weighted by Gasteiger charge is 2.20. The number of amides is 1. The van der Waals surface area contributed by atoms with E-state index in [9.17, 15) is 9.59 Å². The Morgan fingerprint density at radius 1 is 1.28 bits per heavy atom. The number of nitrogens with zero attached hydrogens (tertiary/aromatic N) is 4. The molecule has 0 radical (unpaired) electrons. The summed E-state index contributed by atoms with van der Waals surface area (Å²) in [5.41, 5.74) is -0.114. The van der Waals surface area contributed by atoms with Crippen molar-refractivity contribution in [1.82, 2.24) is 25.1 Å². The van der Waals surface area contributed by atoms with Crippen LogP contribution in [-0.2, 0) is 16.0 Å². The van der Waals surface area contributed by atoms with Crippen LogP contribution in [0.2, 0.25) is 0 Å². The zero-order chi connectivity index (χ0) is 18.4. The maximum atomic E-state index is 12.0. The molecular weight excluding hydrogens is 326 g/mol. The van der Waals surface area contributed by atoms with Crippen LogP contribution in [0.15, 0.2) is 24.8 Å². The van der Waals surface area contributed by atoms with Crippen molar-refractivity contribution in [2.75, 3.05) is 6.61 Å². The summed E-state index contributed by atoms with van der Waals surface area (Å²) in [4.78, 5) is 27.8. The lowest BCUT2D eigenvalue weighted by Gasteiger charge is -2.20. The van der Waals surface area contributed by atoms with Crippen molar-refractivity contribution in [3.05, 3.63) is 36.0 Å². The summed E-state index contributed by atoms with van der Waals surface area (Å²) >= 11 is 0. The predicted octanol–water partition coefficient (Wildman–Crippen LogP) is 1.86. The maximum Gasteiger partial charge on any atom is 0.407 e. The van der Waals surface area contributed by atoms with Gasteiger partial charge in [0.2, 0.25) is 0 Å². The standard InChI is InChI=1S/C16H21N5O4/c1-5-24-14(22)13-11(9-18-15(23)25-16(2,3)4)8-12(19-20-13)21-7-6-17-10-21/h6-8,10H,5,9H2,1-4H3,(H,18,23). The average molecular weight is 347 g/mol. The molecule has 2 aromatic rings. The van der Waals surface area contributed by atoms with Crippen LogP contribution in [-0.4, -0.2) is 44.0 Å². The van der Waals surface area contributed by atoms with Gasteiger partial charge in [-0.3, -0.25) is 4.57 Å². The van der Waals surface area contributed by atoms with Crippen LogP contribution in [0.4, 0.5) is 4.79 Å². The van der Waals surface area contributed by atoms with E-state index in [2.05, 4.69) is 20.5 Å². The molecule has 0 saturated carbocycles. The van der Waals surface area contributed by atoms with Gasteiger partial charge < -0.3 is 14.8 Å². The molecule has 134 valence electrons. The number of carbonyl (C=O) groups excluding carboxylic acids is 2. The fourth-order valence-electron chi connectivity index (χ4n) is 1.93. The molecule has 1 amide bonds. The minimum atomic E-state index is -0.619. The molecule has 0 aliphatic heterocycles. The molecule has 2 rings (SSSR count). The van der Waals surface area contributed by atoms with E-state index in [-0.39, 0.29) is 18.8 Å². The van der Waals surface area contributed by atoms with E-state index < -0.39 is 17.7 Å². The maximum absolute atomic E-state index is 12.0. The molecule has 0 fully saturated rings. The lowest BCUT2D eigenvalue weighted by molar-refractivity contribution is 0.0497. The van der Waals surface area contributed by atoms with Crippen molar-refractivity contribution in [2.45, 2.75) is 39.8 Å². The Bertz CT molecular complexity index is 737. The number of ether oxygens (including phenoxy) is 2. The van der Waals surface area contributed by atoms with E-state index >= 15 is 0 Å². The molecular formula is C16H21N5O4. The van der Waals surface area contributed by atoms with E-state index in [0.29, 0.717) is 11.4 Å². The van der Waals surface area contributed by atoms with Gasteiger partial charge in [-0.25, -0.2) is 14.6 Å². The van der Waals surface area contributed by atoms with Crippen LogP contribution in [0.3, 0.4) is 0 Å². The van der Waals surface area contributed by atoms with Gasteiger partial charge in [-0.1, -0.05) is 0 Å². The molecule has 9 heteroatoms. The van der Waals surface area contributed by atoms with Crippen molar-refractivity contribution in [2.24, 2.45) is 0 Å². The van der Waals surface area contributed by atoms with E-state index in [1.165, 1.54) is 0 Å². The monoisotopic (exact) mass is 347 g/mol. The van der Waals surface area contributed by atoms with Gasteiger partial charge in [-0.15, -0.1) is 10.2 Å². The van der Waals surface area contributed by atoms with Crippen LogP contribution >= 0.6 is 0 Å². The largest absolute Gasteiger partial charge is 0.461 e. The highest BCUT2D eigenvalue weighted by atomic mass is 16.6. The van der Waals surface area contributed by atoms with Gasteiger partial charge in [0.05, 0.1) is 6.61 Å². The predicted molar refractivity (Wildman–Crippen MR) is 88.2 cm³/mol.